The molecule has 0 atom stereocenters. The molecule has 1 aromatic heterocycles. The van der Waals surface area contributed by atoms with E-state index in [9.17, 15) is 10.1 Å². The normalized spacial score (nSPS) is 11.6. The van der Waals surface area contributed by atoms with Gasteiger partial charge in [-0.2, -0.15) is 5.10 Å². The first-order valence-electron chi connectivity index (χ1n) is 5.81. The lowest BCUT2D eigenvalue weighted by Gasteiger charge is -2.23. The van der Waals surface area contributed by atoms with Crippen molar-refractivity contribution in [3.8, 4) is 0 Å². The van der Waals surface area contributed by atoms with Crippen LogP contribution in [0.5, 0.6) is 0 Å². The third-order valence-electron chi connectivity index (χ3n) is 2.84. The molecule has 7 heteroatoms. The van der Waals surface area contributed by atoms with E-state index in [1.807, 2.05) is 20.8 Å². The summed E-state index contributed by atoms with van der Waals surface area (Å²) in [5.41, 5.74) is 0.136. The molecule has 0 saturated carbocycles. The second-order valence-electron chi connectivity index (χ2n) is 4.70. The van der Waals surface area contributed by atoms with Gasteiger partial charge >= 0.3 is 5.69 Å². The van der Waals surface area contributed by atoms with Gasteiger partial charge in [0.25, 0.3) is 0 Å². The van der Waals surface area contributed by atoms with Crippen molar-refractivity contribution in [1.82, 2.24) is 9.78 Å². The smallest absolute Gasteiger partial charge is 0.333 e. The van der Waals surface area contributed by atoms with Gasteiger partial charge in [-0.15, -0.1) is 0 Å². The molecule has 1 aromatic rings. The third kappa shape index (κ3) is 2.98. The molecular formula is C11H20N4O3. The maximum Gasteiger partial charge on any atom is 0.333 e. The molecule has 7 nitrogen and oxygen atoms in total. The van der Waals surface area contributed by atoms with Gasteiger partial charge in [0.15, 0.2) is 0 Å². The van der Waals surface area contributed by atoms with E-state index in [4.69, 9.17) is 4.74 Å². The zero-order chi connectivity index (χ0) is 13.9. The molecular weight excluding hydrogens is 236 g/mol. The van der Waals surface area contributed by atoms with Gasteiger partial charge in [-0.05, 0) is 20.3 Å². The van der Waals surface area contributed by atoms with Gasteiger partial charge < -0.3 is 10.1 Å². The van der Waals surface area contributed by atoms with Gasteiger partial charge in [-0.3, -0.25) is 10.1 Å². The van der Waals surface area contributed by atoms with Crippen molar-refractivity contribution in [2.45, 2.75) is 32.8 Å². The Morgan fingerprint density at radius 1 is 1.56 bits per heavy atom. The minimum absolute atomic E-state index is 0.0481. The van der Waals surface area contributed by atoms with Crippen LogP contribution in [0.4, 0.5) is 11.5 Å². The molecule has 0 bridgehead atoms. The molecule has 0 aromatic carbocycles. The molecule has 0 aliphatic rings. The SMILES string of the molecule is CCc1nn(C)c(NCC(C)(C)OC)c1[N+](=O)[O-]. The number of hydrogen-bond donors (Lipinski definition) is 1. The van der Waals surface area contributed by atoms with E-state index in [1.165, 1.54) is 4.68 Å². The van der Waals surface area contributed by atoms with Crippen molar-refractivity contribution >= 4 is 11.5 Å². The number of anilines is 1. The molecule has 1 rings (SSSR count). The fourth-order valence-corrected chi connectivity index (χ4v) is 1.57. The highest BCUT2D eigenvalue weighted by molar-refractivity contribution is 5.59. The summed E-state index contributed by atoms with van der Waals surface area (Å²) in [7, 11) is 3.30. The Balaban J connectivity index is 3.01. The van der Waals surface area contributed by atoms with Crippen molar-refractivity contribution in [3.05, 3.63) is 15.8 Å². The standard InChI is InChI=1S/C11H20N4O3/c1-6-8-9(15(16)17)10(14(4)13-8)12-7-11(2,3)18-5/h12H,6-7H2,1-5H3. The van der Waals surface area contributed by atoms with Crippen LogP contribution in [0.15, 0.2) is 0 Å². The van der Waals surface area contributed by atoms with Crippen LogP contribution < -0.4 is 5.32 Å². The monoisotopic (exact) mass is 256 g/mol. The highest BCUT2D eigenvalue weighted by Gasteiger charge is 2.27. The summed E-state index contributed by atoms with van der Waals surface area (Å²) >= 11 is 0. The molecule has 0 saturated heterocycles. The number of rotatable bonds is 6. The van der Waals surface area contributed by atoms with E-state index in [0.29, 0.717) is 24.5 Å². The Hall–Kier alpha value is -1.63. The Labute approximate surface area is 106 Å². The third-order valence-corrected chi connectivity index (χ3v) is 2.84. The lowest BCUT2D eigenvalue weighted by molar-refractivity contribution is -0.384. The number of nitrogens with zero attached hydrogens (tertiary/aromatic N) is 3. The molecule has 0 aliphatic heterocycles. The van der Waals surface area contributed by atoms with Gasteiger partial charge in [-0.25, -0.2) is 4.68 Å². The molecule has 0 radical (unpaired) electrons. The first-order chi connectivity index (χ1) is 8.32. The van der Waals surface area contributed by atoms with E-state index >= 15 is 0 Å². The average Bonchev–Trinajstić information content (AvgIpc) is 2.63. The molecule has 0 amide bonds. The lowest BCUT2D eigenvalue weighted by Crippen LogP contribution is -2.32. The highest BCUT2D eigenvalue weighted by Crippen LogP contribution is 2.28. The van der Waals surface area contributed by atoms with Crippen LogP contribution in [0.2, 0.25) is 0 Å². The molecule has 1 N–H and O–H groups in total. The van der Waals surface area contributed by atoms with Crippen molar-refractivity contribution in [2.75, 3.05) is 19.0 Å². The van der Waals surface area contributed by atoms with Gasteiger partial charge in [-0.1, -0.05) is 6.92 Å². The van der Waals surface area contributed by atoms with Crippen molar-refractivity contribution < 1.29 is 9.66 Å². The summed E-state index contributed by atoms with van der Waals surface area (Å²) in [5, 5.41) is 18.3. The lowest BCUT2D eigenvalue weighted by atomic mass is 10.1. The Kier molecular flexibility index (Phi) is 4.28. The van der Waals surface area contributed by atoms with Crippen LogP contribution in [0.3, 0.4) is 0 Å². The fourth-order valence-electron chi connectivity index (χ4n) is 1.57. The molecule has 0 aliphatic carbocycles. The summed E-state index contributed by atoms with van der Waals surface area (Å²) in [4.78, 5) is 10.7. The second-order valence-corrected chi connectivity index (χ2v) is 4.70. The molecule has 1 heterocycles. The van der Waals surface area contributed by atoms with Crippen molar-refractivity contribution in [3.63, 3.8) is 0 Å². The number of aromatic nitrogens is 2. The number of nitro groups is 1. The van der Waals surface area contributed by atoms with E-state index in [0.717, 1.165) is 0 Å². The van der Waals surface area contributed by atoms with Crippen LogP contribution in [0.25, 0.3) is 0 Å². The van der Waals surface area contributed by atoms with Gasteiger partial charge in [0, 0.05) is 20.7 Å². The van der Waals surface area contributed by atoms with Gasteiger partial charge in [0.2, 0.25) is 5.82 Å². The number of methoxy groups -OCH3 is 1. The molecule has 0 fully saturated rings. The topological polar surface area (TPSA) is 82.2 Å². The number of hydrogen-bond acceptors (Lipinski definition) is 5. The maximum absolute atomic E-state index is 11.1. The first-order valence-corrected chi connectivity index (χ1v) is 5.81. The Morgan fingerprint density at radius 3 is 2.61 bits per heavy atom. The fraction of sp³-hybridized carbons (Fsp3) is 0.727. The Bertz CT molecular complexity index is 440. The van der Waals surface area contributed by atoms with E-state index in [2.05, 4.69) is 10.4 Å². The number of aryl methyl sites for hydroxylation is 2. The zero-order valence-corrected chi connectivity index (χ0v) is 11.5. The van der Waals surface area contributed by atoms with Crippen LogP contribution in [-0.4, -0.2) is 34.0 Å². The first kappa shape index (κ1) is 14.4. The van der Waals surface area contributed by atoms with Crippen LogP contribution in [0, 0.1) is 10.1 Å². The van der Waals surface area contributed by atoms with Gasteiger partial charge in [0.05, 0.1) is 10.5 Å². The maximum atomic E-state index is 11.1. The second kappa shape index (κ2) is 5.34. The van der Waals surface area contributed by atoms with Crippen LogP contribution in [-0.2, 0) is 18.2 Å². The van der Waals surface area contributed by atoms with E-state index < -0.39 is 10.5 Å². The van der Waals surface area contributed by atoms with E-state index in [1.54, 1.807) is 14.2 Å². The molecule has 102 valence electrons. The summed E-state index contributed by atoms with van der Waals surface area (Å²) < 4.78 is 6.77. The minimum atomic E-state index is -0.398. The van der Waals surface area contributed by atoms with Crippen LogP contribution in [0.1, 0.15) is 26.5 Å². The number of nitrogens with one attached hydrogen (secondary N) is 1. The summed E-state index contributed by atoms with van der Waals surface area (Å²) in [6, 6.07) is 0. The predicted octanol–water partition coefficient (Wildman–Crippen LogP) is 1.73. The van der Waals surface area contributed by atoms with Gasteiger partial charge in [0.1, 0.15) is 5.69 Å². The molecule has 0 spiro atoms. The van der Waals surface area contributed by atoms with Crippen molar-refractivity contribution in [2.24, 2.45) is 7.05 Å². The summed E-state index contributed by atoms with van der Waals surface area (Å²) in [6.45, 7) is 6.12. The summed E-state index contributed by atoms with van der Waals surface area (Å²) in [6.07, 6.45) is 0.527. The predicted molar refractivity (Wildman–Crippen MR) is 68.8 cm³/mol. The quantitative estimate of drug-likeness (QED) is 0.619. The van der Waals surface area contributed by atoms with Crippen LogP contribution >= 0.6 is 0 Å². The summed E-state index contributed by atoms with van der Waals surface area (Å²) in [5.74, 6) is 0.418. The van der Waals surface area contributed by atoms with Crippen molar-refractivity contribution in [1.29, 1.82) is 0 Å². The zero-order valence-electron chi connectivity index (χ0n) is 11.5. The average molecular weight is 256 g/mol. The minimum Gasteiger partial charge on any atom is -0.377 e. The molecule has 0 unspecified atom stereocenters. The largest absolute Gasteiger partial charge is 0.377 e. The Morgan fingerprint density at radius 2 is 2.17 bits per heavy atom. The number of ether oxygens (including phenoxy) is 1. The highest BCUT2D eigenvalue weighted by atomic mass is 16.6. The molecule has 18 heavy (non-hydrogen) atoms. The van der Waals surface area contributed by atoms with E-state index in [-0.39, 0.29) is 5.69 Å².